The van der Waals surface area contributed by atoms with E-state index in [2.05, 4.69) is 49.8 Å². The average Bonchev–Trinajstić information content (AvgIpc) is 2.85. The summed E-state index contributed by atoms with van der Waals surface area (Å²) < 4.78 is 0. The van der Waals surface area contributed by atoms with Gasteiger partial charge in [-0.2, -0.15) is 0 Å². The van der Waals surface area contributed by atoms with Gasteiger partial charge in [0.05, 0.1) is 5.01 Å². The maximum atomic E-state index is 4.56. The predicted molar refractivity (Wildman–Crippen MR) is 87.4 cm³/mol. The maximum absolute atomic E-state index is 4.56. The van der Waals surface area contributed by atoms with Gasteiger partial charge in [-0.25, -0.2) is 4.98 Å². The molecule has 1 aliphatic rings. The van der Waals surface area contributed by atoms with Crippen LogP contribution in [0.5, 0.6) is 0 Å². The molecule has 0 atom stereocenters. The Morgan fingerprint density at radius 2 is 2.00 bits per heavy atom. The summed E-state index contributed by atoms with van der Waals surface area (Å²) in [5, 5.41) is 4.95. The molecule has 0 spiro atoms. The molecule has 1 aliphatic heterocycles. The number of rotatable bonds is 4. The number of nitrogens with one attached hydrogen (secondary N) is 1. The van der Waals surface area contributed by atoms with E-state index in [0.29, 0.717) is 12.1 Å². The third-order valence-corrected chi connectivity index (χ3v) is 5.44. The Labute approximate surface area is 127 Å². The van der Waals surface area contributed by atoms with Gasteiger partial charge in [0.2, 0.25) is 0 Å². The summed E-state index contributed by atoms with van der Waals surface area (Å²) in [4.78, 5) is 8.49. The lowest BCUT2D eigenvalue weighted by Gasteiger charge is -2.34. The molecule has 20 heavy (non-hydrogen) atoms. The van der Waals surface area contributed by atoms with Crippen molar-refractivity contribution >= 4 is 11.3 Å². The van der Waals surface area contributed by atoms with Crippen LogP contribution < -0.4 is 5.32 Å². The van der Waals surface area contributed by atoms with Crippen molar-refractivity contribution < 1.29 is 0 Å². The van der Waals surface area contributed by atoms with Crippen LogP contribution in [0.15, 0.2) is 6.20 Å². The van der Waals surface area contributed by atoms with Crippen LogP contribution >= 0.6 is 11.3 Å². The average molecular weight is 295 g/mol. The molecule has 0 unspecified atom stereocenters. The van der Waals surface area contributed by atoms with Gasteiger partial charge in [-0.1, -0.05) is 20.8 Å². The second-order valence-corrected chi connectivity index (χ2v) is 8.28. The summed E-state index contributed by atoms with van der Waals surface area (Å²) in [7, 11) is 0. The molecule has 0 aromatic carbocycles. The van der Waals surface area contributed by atoms with Crippen molar-refractivity contribution in [3.63, 3.8) is 0 Å². The van der Waals surface area contributed by atoms with E-state index in [1.807, 2.05) is 17.5 Å². The van der Waals surface area contributed by atoms with Gasteiger partial charge in [0.15, 0.2) is 0 Å². The van der Waals surface area contributed by atoms with Gasteiger partial charge in [-0.3, -0.25) is 0 Å². The molecule has 3 nitrogen and oxygen atoms in total. The third-order valence-electron chi connectivity index (χ3n) is 4.02. The van der Waals surface area contributed by atoms with Crippen LogP contribution in [-0.2, 0) is 12.0 Å². The van der Waals surface area contributed by atoms with E-state index in [4.69, 9.17) is 0 Å². The molecule has 1 fully saturated rings. The Balaban J connectivity index is 1.78. The molecule has 1 N–H and O–H groups in total. The van der Waals surface area contributed by atoms with Crippen LogP contribution in [0.25, 0.3) is 0 Å². The molecule has 4 heteroatoms. The molecule has 0 amide bonds. The van der Waals surface area contributed by atoms with E-state index in [0.717, 1.165) is 6.54 Å². The first-order valence-electron chi connectivity index (χ1n) is 7.79. The quantitative estimate of drug-likeness (QED) is 0.923. The highest BCUT2D eigenvalue weighted by Gasteiger charge is 2.21. The summed E-state index contributed by atoms with van der Waals surface area (Å²) in [5.74, 6) is 0. The van der Waals surface area contributed by atoms with Crippen LogP contribution in [0.2, 0.25) is 0 Å². The minimum absolute atomic E-state index is 0.172. The van der Waals surface area contributed by atoms with Crippen molar-refractivity contribution in [3.8, 4) is 0 Å². The number of aromatic nitrogens is 1. The van der Waals surface area contributed by atoms with Crippen LogP contribution in [0.4, 0.5) is 0 Å². The molecule has 1 aromatic heterocycles. The third kappa shape index (κ3) is 4.27. The van der Waals surface area contributed by atoms with Crippen LogP contribution in [0.1, 0.15) is 57.3 Å². The Morgan fingerprint density at radius 1 is 1.35 bits per heavy atom. The Kier molecular flexibility index (Phi) is 5.21. The predicted octanol–water partition coefficient (Wildman–Crippen LogP) is 3.40. The highest BCUT2D eigenvalue weighted by Crippen LogP contribution is 2.26. The number of likely N-dealkylation sites (tertiary alicyclic amines) is 1. The molecule has 2 heterocycles. The fourth-order valence-electron chi connectivity index (χ4n) is 2.60. The minimum atomic E-state index is 0.172. The lowest BCUT2D eigenvalue weighted by atomic mass is 9.98. The van der Waals surface area contributed by atoms with Gasteiger partial charge in [0.25, 0.3) is 0 Å². The number of piperidine rings is 1. The molecule has 114 valence electrons. The molecule has 0 bridgehead atoms. The van der Waals surface area contributed by atoms with Crippen molar-refractivity contribution in [2.75, 3.05) is 13.1 Å². The zero-order valence-corrected chi connectivity index (χ0v) is 14.4. The van der Waals surface area contributed by atoms with Gasteiger partial charge in [-0.15, -0.1) is 11.3 Å². The fourth-order valence-corrected chi connectivity index (χ4v) is 3.52. The topological polar surface area (TPSA) is 28.2 Å². The van der Waals surface area contributed by atoms with Crippen molar-refractivity contribution in [1.29, 1.82) is 0 Å². The molecule has 1 aromatic rings. The minimum Gasteiger partial charge on any atom is -0.309 e. The number of nitrogens with zero attached hydrogens (tertiary/aromatic N) is 2. The van der Waals surface area contributed by atoms with Crippen molar-refractivity contribution in [3.05, 3.63) is 16.1 Å². The fraction of sp³-hybridized carbons (Fsp3) is 0.812. The second kappa shape index (κ2) is 6.54. The van der Waals surface area contributed by atoms with Gasteiger partial charge >= 0.3 is 0 Å². The van der Waals surface area contributed by atoms with Crippen molar-refractivity contribution in [2.45, 2.75) is 71.5 Å². The first kappa shape index (κ1) is 15.9. The lowest BCUT2D eigenvalue weighted by molar-refractivity contribution is 0.161. The normalized spacial score (nSPS) is 18.9. The highest BCUT2D eigenvalue weighted by atomic mass is 32.1. The summed E-state index contributed by atoms with van der Waals surface area (Å²) in [6.45, 7) is 14.7. The molecule has 2 rings (SSSR count). The summed E-state index contributed by atoms with van der Waals surface area (Å²) in [5.41, 5.74) is 0.172. The zero-order valence-electron chi connectivity index (χ0n) is 13.6. The van der Waals surface area contributed by atoms with Crippen LogP contribution in [-0.4, -0.2) is 35.1 Å². The molecule has 1 saturated heterocycles. The van der Waals surface area contributed by atoms with E-state index < -0.39 is 0 Å². The molecule has 0 radical (unpaired) electrons. The monoisotopic (exact) mass is 295 g/mol. The molecular weight excluding hydrogens is 266 g/mol. The molecule has 0 aliphatic carbocycles. The Hall–Kier alpha value is -0.450. The summed E-state index contributed by atoms with van der Waals surface area (Å²) >= 11 is 1.85. The lowest BCUT2D eigenvalue weighted by Crippen LogP contribution is -2.44. The Bertz CT molecular complexity index is 412. The SMILES string of the molecule is CC(C)N1CCC(NCc2cnc(C(C)(C)C)s2)CC1. The van der Waals surface area contributed by atoms with E-state index in [-0.39, 0.29) is 5.41 Å². The largest absolute Gasteiger partial charge is 0.309 e. The maximum Gasteiger partial charge on any atom is 0.0981 e. The van der Waals surface area contributed by atoms with Crippen LogP contribution in [0, 0.1) is 0 Å². The summed E-state index contributed by atoms with van der Waals surface area (Å²) in [6.07, 6.45) is 4.58. The second-order valence-electron chi connectivity index (χ2n) is 7.17. The van der Waals surface area contributed by atoms with E-state index in [1.165, 1.54) is 35.8 Å². The van der Waals surface area contributed by atoms with Crippen molar-refractivity contribution in [1.82, 2.24) is 15.2 Å². The van der Waals surface area contributed by atoms with Gasteiger partial charge < -0.3 is 10.2 Å². The molecular formula is C16H29N3S. The number of hydrogen-bond donors (Lipinski definition) is 1. The molecule has 0 saturated carbocycles. The van der Waals surface area contributed by atoms with E-state index >= 15 is 0 Å². The van der Waals surface area contributed by atoms with Crippen LogP contribution in [0.3, 0.4) is 0 Å². The van der Waals surface area contributed by atoms with Gasteiger partial charge in [-0.05, 0) is 39.8 Å². The standard InChI is InChI=1S/C16H29N3S/c1-12(2)19-8-6-13(7-9-19)17-10-14-11-18-15(20-14)16(3,4)5/h11-13,17H,6-10H2,1-5H3. The van der Waals surface area contributed by atoms with Gasteiger partial charge in [0.1, 0.15) is 0 Å². The smallest absolute Gasteiger partial charge is 0.0981 e. The highest BCUT2D eigenvalue weighted by molar-refractivity contribution is 7.11. The Morgan fingerprint density at radius 3 is 2.50 bits per heavy atom. The first-order valence-corrected chi connectivity index (χ1v) is 8.60. The number of hydrogen-bond acceptors (Lipinski definition) is 4. The summed E-state index contributed by atoms with van der Waals surface area (Å²) in [6, 6.07) is 1.36. The number of thiazole rings is 1. The van der Waals surface area contributed by atoms with Crippen molar-refractivity contribution in [2.24, 2.45) is 0 Å². The van der Waals surface area contributed by atoms with Gasteiger partial charge in [0, 0.05) is 35.1 Å². The van der Waals surface area contributed by atoms with E-state index in [1.54, 1.807) is 0 Å². The zero-order chi connectivity index (χ0) is 14.8. The van der Waals surface area contributed by atoms with E-state index in [9.17, 15) is 0 Å². The first-order chi connectivity index (χ1) is 9.36.